The van der Waals surface area contributed by atoms with Crippen molar-refractivity contribution in [2.45, 2.75) is 6.42 Å². The third-order valence-corrected chi connectivity index (χ3v) is 2.88. The zero-order valence-corrected chi connectivity index (χ0v) is 9.32. The van der Waals surface area contributed by atoms with Crippen LogP contribution in [-0.4, -0.2) is 17.5 Å². The van der Waals surface area contributed by atoms with Crippen molar-refractivity contribution in [1.82, 2.24) is 5.32 Å². The summed E-state index contributed by atoms with van der Waals surface area (Å²) in [5.74, 6) is 0. The van der Waals surface area contributed by atoms with Crippen LogP contribution in [0.25, 0.3) is 0 Å². The van der Waals surface area contributed by atoms with E-state index in [1.54, 1.807) is 0 Å². The molecule has 0 saturated heterocycles. The quantitative estimate of drug-likeness (QED) is 0.496. The molecule has 0 aliphatic rings. The van der Waals surface area contributed by atoms with E-state index < -0.39 is 0 Å². The van der Waals surface area contributed by atoms with E-state index in [4.69, 9.17) is 0 Å². The summed E-state index contributed by atoms with van der Waals surface area (Å²) < 4.78 is 1.20. The van der Waals surface area contributed by atoms with Crippen LogP contribution in [-0.2, 0) is 6.42 Å². The zero-order valence-electron chi connectivity index (χ0n) is 6.35. The minimum atomic E-state index is 1.11. The van der Waals surface area contributed by atoms with Gasteiger partial charge in [-0.15, -0.1) is 11.3 Å². The SMILES string of the molecule is ICCNCCc1cccs1. The molecule has 11 heavy (non-hydrogen) atoms. The van der Waals surface area contributed by atoms with Crippen molar-refractivity contribution in [2.75, 3.05) is 17.5 Å². The summed E-state index contributed by atoms with van der Waals surface area (Å²) in [6.45, 7) is 2.25. The fourth-order valence-corrected chi connectivity index (χ4v) is 1.95. The molecule has 0 aliphatic heterocycles. The van der Waals surface area contributed by atoms with Crippen LogP contribution < -0.4 is 5.32 Å². The molecule has 62 valence electrons. The molecule has 0 unspecified atom stereocenters. The number of hydrogen-bond donors (Lipinski definition) is 1. The summed E-state index contributed by atoms with van der Waals surface area (Å²) in [5.41, 5.74) is 0. The van der Waals surface area contributed by atoms with Crippen LogP contribution in [0.2, 0.25) is 0 Å². The highest BCUT2D eigenvalue weighted by molar-refractivity contribution is 14.1. The summed E-state index contributed by atoms with van der Waals surface area (Å²) >= 11 is 4.22. The van der Waals surface area contributed by atoms with Crippen LogP contribution in [0, 0.1) is 0 Å². The Hall–Kier alpha value is 0.390. The summed E-state index contributed by atoms with van der Waals surface area (Å²) in [6.07, 6.45) is 1.17. The Morgan fingerprint density at radius 2 is 2.36 bits per heavy atom. The number of rotatable bonds is 5. The van der Waals surface area contributed by atoms with Crippen LogP contribution >= 0.6 is 33.9 Å². The summed E-state index contributed by atoms with van der Waals surface area (Å²) in [6, 6.07) is 4.30. The lowest BCUT2D eigenvalue weighted by molar-refractivity contribution is 0.730. The molecule has 0 fully saturated rings. The van der Waals surface area contributed by atoms with Gasteiger partial charge >= 0.3 is 0 Å². The first-order valence-corrected chi connectivity index (χ1v) is 6.13. The molecule has 1 N–H and O–H groups in total. The molecule has 0 bridgehead atoms. The van der Waals surface area contributed by atoms with Gasteiger partial charge in [-0.05, 0) is 24.4 Å². The largest absolute Gasteiger partial charge is 0.316 e. The van der Waals surface area contributed by atoms with Crippen molar-refractivity contribution in [3.05, 3.63) is 22.4 Å². The highest BCUT2D eigenvalue weighted by Crippen LogP contribution is 2.07. The third-order valence-electron chi connectivity index (χ3n) is 1.40. The van der Waals surface area contributed by atoms with E-state index in [-0.39, 0.29) is 0 Å². The molecule has 0 radical (unpaired) electrons. The van der Waals surface area contributed by atoms with Crippen LogP contribution in [0.15, 0.2) is 17.5 Å². The van der Waals surface area contributed by atoms with E-state index in [2.05, 4.69) is 45.4 Å². The van der Waals surface area contributed by atoms with Crippen molar-refractivity contribution >= 4 is 33.9 Å². The molecular formula is C8H12INS. The predicted octanol–water partition coefficient (Wildman–Crippen LogP) is 2.32. The Kier molecular flexibility index (Phi) is 5.14. The molecule has 0 spiro atoms. The molecule has 1 aromatic rings. The molecule has 0 atom stereocenters. The van der Waals surface area contributed by atoms with Crippen molar-refractivity contribution < 1.29 is 0 Å². The number of thiophene rings is 1. The Morgan fingerprint density at radius 3 is 3.00 bits per heavy atom. The normalized spacial score (nSPS) is 10.3. The van der Waals surface area contributed by atoms with Gasteiger partial charge in [-0.3, -0.25) is 0 Å². The van der Waals surface area contributed by atoms with Crippen LogP contribution in [0.1, 0.15) is 4.88 Å². The lowest BCUT2D eigenvalue weighted by atomic mass is 10.3. The van der Waals surface area contributed by atoms with Crippen LogP contribution in [0.3, 0.4) is 0 Å². The third kappa shape index (κ3) is 4.08. The Bertz CT molecular complexity index is 174. The van der Waals surface area contributed by atoms with Crippen molar-refractivity contribution in [3.8, 4) is 0 Å². The number of alkyl halides is 1. The first kappa shape index (κ1) is 9.48. The zero-order chi connectivity index (χ0) is 7.94. The van der Waals surface area contributed by atoms with Gasteiger partial charge in [0.2, 0.25) is 0 Å². The van der Waals surface area contributed by atoms with E-state index in [1.165, 1.54) is 15.7 Å². The minimum absolute atomic E-state index is 1.11. The second-order valence-corrected chi connectivity index (χ2v) is 4.38. The fourth-order valence-electron chi connectivity index (χ4n) is 0.858. The lowest BCUT2D eigenvalue weighted by Crippen LogP contribution is -2.18. The average Bonchev–Trinajstić information content (AvgIpc) is 2.50. The first-order chi connectivity index (χ1) is 5.43. The monoisotopic (exact) mass is 281 g/mol. The van der Waals surface area contributed by atoms with Crippen molar-refractivity contribution in [3.63, 3.8) is 0 Å². The van der Waals surface area contributed by atoms with Gasteiger partial charge in [0.15, 0.2) is 0 Å². The summed E-state index contributed by atoms with van der Waals surface area (Å²) in [4.78, 5) is 1.48. The number of nitrogens with one attached hydrogen (secondary N) is 1. The molecule has 1 nitrogen and oxygen atoms in total. The van der Waals surface area contributed by atoms with Crippen LogP contribution in [0.5, 0.6) is 0 Å². The van der Waals surface area contributed by atoms with E-state index in [9.17, 15) is 0 Å². The molecule has 1 heterocycles. The lowest BCUT2D eigenvalue weighted by Gasteiger charge is -1.98. The Balaban J connectivity index is 2.04. The van der Waals surface area contributed by atoms with Gasteiger partial charge in [-0.1, -0.05) is 28.7 Å². The maximum absolute atomic E-state index is 3.37. The van der Waals surface area contributed by atoms with Gasteiger partial charge in [0.25, 0.3) is 0 Å². The first-order valence-electron chi connectivity index (χ1n) is 3.72. The molecule has 1 rings (SSSR count). The number of hydrogen-bond acceptors (Lipinski definition) is 2. The molecule has 0 aromatic carbocycles. The molecule has 0 amide bonds. The van der Waals surface area contributed by atoms with Crippen molar-refractivity contribution in [2.24, 2.45) is 0 Å². The molecule has 3 heteroatoms. The van der Waals surface area contributed by atoms with Gasteiger partial charge in [0.1, 0.15) is 0 Å². The predicted molar refractivity (Wildman–Crippen MR) is 59.8 cm³/mol. The fraction of sp³-hybridized carbons (Fsp3) is 0.500. The second kappa shape index (κ2) is 5.97. The van der Waals surface area contributed by atoms with Crippen LogP contribution in [0.4, 0.5) is 0 Å². The molecule has 0 saturated carbocycles. The molecular weight excluding hydrogens is 269 g/mol. The van der Waals surface area contributed by atoms with Gasteiger partial charge in [-0.25, -0.2) is 0 Å². The second-order valence-electron chi connectivity index (χ2n) is 2.27. The van der Waals surface area contributed by atoms with E-state index in [1.807, 2.05) is 11.3 Å². The Labute approximate surface area is 85.3 Å². The van der Waals surface area contributed by atoms with E-state index >= 15 is 0 Å². The minimum Gasteiger partial charge on any atom is -0.316 e. The standard InChI is InChI=1S/C8H12INS/c9-4-6-10-5-3-8-2-1-7-11-8/h1-2,7,10H,3-6H2. The average molecular weight is 281 g/mol. The van der Waals surface area contributed by atoms with Gasteiger partial charge < -0.3 is 5.32 Å². The highest BCUT2D eigenvalue weighted by atomic mass is 127. The maximum Gasteiger partial charge on any atom is 0.0121 e. The van der Waals surface area contributed by atoms with Gasteiger partial charge in [0, 0.05) is 15.8 Å². The number of halogens is 1. The highest BCUT2D eigenvalue weighted by Gasteiger charge is 1.91. The summed E-state index contributed by atoms with van der Waals surface area (Å²) in [5, 5.41) is 5.51. The van der Waals surface area contributed by atoms with Gasteiger partial charge in [-0.2, -0.15) is 0 Å². The van der Waals surface area contributed by atoms with E-state index in [0.29, 0.717) is 0 Å². The maximum atomic E-state index is 3.37. The Morgan fingerprint density at radius 1 is 1.45 bits per heavy atom. The molecule has 0 aliphatic carbocycles. The molecule has 1 aromatic heterocycles. The van der Waals surface area contributed by atoms with Gasteiger partial charge in [0.05, 0.1) is 0 Å². The van der Waals surface area contributed by atoms with E-state index in [0.717, 1.165) is 13.1 Å². The van der Waals surface area contributed by atoms with Crippen molar-refractivity contribution in [1.29, 1.82) is 0 Å². The summed E-state index contributed by atoms with van der Waals surface area (Å²) in [7, 11) is 0. The smallest absolute Gasteiger partial charge is 0.0121 e. The topological polar surface area (TPSA) is 12.0 Å².